The molecule has 0 aromatic heterocycles. The van der Waals surface area contributed by atoms with Crippen molar-refractivity contribution in [2.45, 2.75) is 25.6 Å². The van der Waals surface area contributed by atoms with E-state index in [0.29, 0.717) is 10.6 Å². The number of nitrogens with zero attached hydrogens (tertiary/aromatic N) is 1. The molecule has 1 aliphatic rings. The number of carbonyl (C=O) groups excluding carboxylic acids is 3. The number of carbonyl (C=O) groups is 3. The van der Waals surface area contributed by atoms with Crippen molar-refractivity contribution in [3.63, 3.8) is 0 Å². The van der Waals surface area contributed by atoms with Gasteiger partial charge in [0.2, 0.25) is 0 Å². The largest absolute Gasteiger partial charge is 0.573 e. The van der Waals surface area contributed by atoms with E-state index < -0.39 is 30.1 Å². The van der Waals surface area contributed by atoms with Gasteiger partial charge in [0.25, 0.3) is 11.8 Å². The predicted octanol–water partition coefficient (Wildman–Crippen LogP) is 3.83. The van der Waals surface area contributed by atoms with Crippen molar-refractivity contribution in [2.24, 2.45) is 0 Å². The highest BCUT2D eigenvalue weighted by Gasteiger charge is 2.38. The normalized spacial score (nSPS) is 14.6. The van der Waals surface area contributed by atoms with Gasteiger partial charge in [-0.1, -0.05) is 36.3 Å². The molecule has 0 fully saturated rings. The number of halogens is 3. The van der Waals surface area contributed by atoms with Crippen molar-refractivity contribution < 1.29 is 37.1 Å². The van der Waals surface area contributed by atoms with Crippen LogP contribution in [-0.2, 0) is 9.63 Å². The predicted molar refractivity (Wildman–Crippen MR) is 89.2 cm³/mol. The highest BCUT2D eigenvalue weighted by molar-refractivity contribution is 6.20. The molecule has 0 bridgehead atoms. The molecule has 1 atom stereocenters. The molecule has 28 heavy (non-hydrogen) atoms. The number of ether oxygens (including phenoxy) is 1. The number of rotatable bonds is 5. The molecule has 0 radical (unpaired) electrons. The highest BCUT2D eigenvalue weighted by Crippen LogP contribution is 2.27. The minimum absolute atomic E-state index is 0.147. The number of hydrogen-bond acceptors (Lipinski definition) is 5. The summed E-state index contributed by atoms with van der Waals surface area (Å²) >= 11 is 0. The van der Waals surface area contributed by atoms with Gasteiger partial charge in [0.05, 0.1) is 17.5 Å². The third-order valence-corrected chi connectivity index (χ3v) is 4.11. The standard InChI is InChI=1S/C19H14F3NO5/c1-11(12-6-8-13(9-7-12)27-19(20,21)22)10-16(24)28-23-17(25)14-4-2-3-5-15(14)18(23)26/h2-9,11H,10H2,1H3. The molecule has 0 aliphatic carbocycles. The maximum atomic E-state index is 12.2. The van der Waals surface area contributed by atoms with Crippen LogP contribution in [0, 0.1) is 0 Å². The van der Waals surface area contributed by atoms with Crippen molar-refractivity contribution in [3.8, 4) is 5.75 Å². The fourth-order valence-electron chi connectivity index (χ4n) is 2.76. The van der Waals surface area contributed by atoms with Crippen molar-refractivity contribution in [3.05, 3.63) is 65.2 Å². The summed E-state index contributed by atoms with van der Waals surface area (Å²) < 4.78 is 40.3. The first-order valence-electron chi connectivity index (χ1n) is 8.20. The van der Waals surface area contributed by atoms with Crippen molar-refractivity contribution in [1.29, 1.82) is 0 Å². The second kappa shape index (κ2) is 7.34. The Morgan fingerprint density at radius 1 is 1.00 bits per heavy atom. The Balaban J connectivity index is 1.61. The first-order chi connectivity index (χ1) is 13.2. The van der Waals surface area contributed by atoms with Crippen LogP contribution in [0.15, 0.2) is 48.5 Å². The Morgan fingerprint density at radius 2 is 1.54 bits per heavy atom. The molecule has 2 amide bonds. The molecule has 3 rings (SSSR count). The second-order valence-corrected chi connectivity index (χ2v) is 6.14. The molecule has 146 valence electrons. The molecular weight excluding hydrogens is 379 g/mol. The lowest BCUT2D eigenvalue weighted by Crippen LogP contribution is -2.33. The third kappa shape index (κ3) is 4.13. The molecule has 1 aliphatic heterocycles. The van der Waals surface area contributed by atoms with Gasteiger partial charge in [-0.2, -0.15) is 0 Å². The Hall–Kier alpha value is -3.36. The maximum absolute atomic E-state index is 12.2. The Bertz CT molecular complexity index is 889. The van der Waals surface area contributed by atoms with E-state index in [1.54, 1.807) is 19.1 Å². The summed E-state index contributed by atoms with van der Waals surface area (Å²) in [5.41, 5.74) is 0.857. The zero-order valence-corrected chi connectivity index (χ0v) is 14.5. The summed E-state index contributed by atoms with van der Waals surface area (Å²) in [5.74, 6) is -3.08. The van der Waals surface area contributed by atoms with Crippen LogP contribution < -0.4 is 4.74 Å². The number of benzene rings is 2. The third-order valence-electron chi connectivity index (χ3n) is 4.11. The molecule has 0 saturated heterocycles. The van der Waals surface area contributed by atoms with Gasteiger partial charge in [-0.05, 0) is 35.7 Å². The summed E-state index contributed by atoms with van der Waals surface area (Å²) in [4.78, 5) is 41.4. The molecule has 1 heterocycles. The molecule has 2 aromatic rings. The minimum atomic E-state index is -4.79. The van der Waals surface area contributed by atoms with Gasteiger partial charge in [-0.25, -0.2) is 4.79 Å². The lowest BCUT2D eigenvalue weighted by Gasteiger charge is -2.16. The van der Waals surface area contributed by atoms with E-state index >= 15 is 0 Å². The van der Waals surface area contributed by atoms with E-state index in [4.69, 9.17) is 4.84 Å². The van der Waals surface area contributed by atoms with Gasteiger partial charge in [0.1, 0.15) is 5.75 Å². The van der Waals surface area contributed by atoms with Crippen LogP contribution in [0.3, 0.4) is 0 Å². The second-order valence-electron chi connectivity index (χ2n) is 6.14. The van der Waals surface area contributed by atoms with Crippen LogP contribution in [0.1, 0.15) is 45.5 Å². The van der Waals surface area contributed by atoms with Crippen molar-refractivity contribution >= 4 is 17.8 Å². The van der Waals surface area contributed by atoms with Crippen LogP contribution >= 0.6 is 0 Å². The van der Waals surface area contributed by atoms with Crippen LogP contribution in [0.4, 0.5) is 13.2 Å². The summed E-state index contributed by atoms with van der Waals surface area (Å²) in [6, 6.07) is 11.1. The number of amides is 2. The van der Waals surface area contributed by atoms with E-state index in [2.05, 4.69) is 4.74 Å². The van der Waals surface area contributed by atoms with Crippen LogP contribution in [0.25, 0.3) is 0 Å². The summed E-state index contributed by atoms with van der Waals surface area (Å²) in [5, 5.41) is 0.417. The lowest BCUT2D eigenvalue weighted by atomic mass is 9.98. The number of hydroxylamine groups is 2. The zero-order chi connectivity index (χ0) is 20.5. The number of fused-ring (bicyclic) bond motifs is 1. The molecule has 9 heteroatoms. The topological polar surface area (TPSA) is 72.9 Å². The van der Waals surface area contributed by atoms with Gasteiger partial charge in [0.15, 0.2) is 0 Å². The zero-order valence-electron chi connectivity index (χ0n) is 14.5. The average molecular weight is 393 g/mol. The van der Waals surface area contributed by atoms with Gasteiger partial charge < -0.3 is 9.57 Å². The van der Waals surface area contributed by atoms with E-state index in [0.717, 1.165) is 12.1 Å². The van der Waals surface area contributed by atoms with Gasteiger partial charge in [-0.15, -0.1) is 13.2 Å². The molecule has 0 N–H and O–H groups in total. The fraction of sp³-hybridized carbons (Fsp3) is 0.211. The summed E-state index contributed by atoms with van der Waals surface area (Å²) in [6.45, 7) is 1.66. The minimum Gasteiger partial charge on any atom is -0.406 e. The van der Waals surface area contributed by atoms with Crippen molar-refractivity contribution in [2.75, 3.05) is 0 Å². The smallest absolute Gasteiger partial charge is 0.406 e. The lowest BCUT2D eigenvalue weighted by molar-refractivity contribution is -0.274. The first kappa shape index (κ1) is 19.4. The number of hydrogen-bond donors (Lipinski definition) is 0. The first-order valence-corrected chi connectivity index (χ1v) is 8.20. The van der Waals surface area contributed by atoms with Gasteiger partial charge in [-0.3, -0.25) is 9.59 Å². The molecule has 6 nitrogen and oxygen atoms in total. The van der Waals surface area contributed by atoms with E-state index in [1.807, 2.05) is 0 Å². The SMILES string of the molecule is CC(CC(=O)ON1C(=O)c2ccccc2C1=O)c1ccc(OC(F)(F)F)cc1. The molecule has 0 saturated carbocycles. The van der Waals surface area contributed by atoms with E-state index in [-0.39, 0.29) is 23.3 Å². The monoisotopic (exact) mass is 393 g/mol. The van der Waals surface area contributed by atoms with E-state index in [9.17, 15) is 27.6 Å². The van der Waals surface area contributed by atoms with Crippen LogP contribution in [0.5, 0.6) is 5.75 Å². The van der Waals surface area contributed by atoms with E-state index in [1.165, 1.54) is 24.3 Å². The quantitative estimate of drug-likeness (QED) is 0.722. The Morgan fingerprint density at radius 3 is 2.04 bits per heavy atom. The number of alkyl halides is 3. The summed E-state index contributed by atoms with van der Waals surface area (Å²) in [7, 11) is 0. The summed E-state index contributed by atoms with van der Waals surface area (Å²) in [6.07, 6.45) is -4.98. The molecule has 0 spiro atoms. The van der Waals surface area contributed by atoms with Gasteiger partial charge in [0, 0.05) is 0 Å². The van der Waals surface area contributed by atoms with Crippen LogP contribution in [-0.4, -0.2) is 29.2 Å². The Kier molecular flexibility index (Phi) is 5.08. The molecule has 2 aromatic carbocycles. The van der Waals surface area contributed by atoms with Gasteiger partial charge >= 0.3 is 12.3 Å². The fourth-order valence-corrected chi connectivity index (χ4v) is 2.76. The van der Waals surface area contributed by atoms with Crippen molar-refractivity contribution in [1.82, 2.24) is 5.06 Å². The molecule has 1 unspecified atom stereocenters. The average Bonchev–Trinajstić information content (AvgIpc) is 2.86. The maximum Gasteiger partial charge on any atom is 0.573 e. The van der Waals surface area contributed by atoms with Crippen LogP contribution in [0.2, 0.25) is 0 Å². The Labute approximate surface area is 157 Å². The highest BCUT2D eigenvalue weighted by atomic mass is 19.4. The molecular formula is C19H14F3NO5. The number of imide groups is 1.